The number of hydrogen-bond donors (Lipinski definition) is 0. The number of benzene rings is 2. The van der Waals surface area contributed by atoms with E-state index in [-0.39, 0.29) is 0 Å². The quantitative estimate of drug-likeness (QED) is 0.716. The highest BCUT2D eigenvalue weighted by molar-refractivity contribution is 5.48. The molecule has 1 atom stereocenters. The largest absolute Gasteiger partial charge is 0.497 e. The Labute approximate surface area is 140 Å². The van der Waals surface area contributed by atoms with Crippen LogP contribution in [0.15, 0.2) is 30.3 Å². The summed E-state index contributed by atoms with van der Waals surface area (Å²) < 4.78 is 10.9. The van der Waals surface area contributed by atoms with Gasteiger partial charge in [0.2, 0.25) is 0 Å². The van der Waals surface area contributed by atoms with Crippen LogP contribution in [0.3, 0.4) is 0 Å². The van der Waals surface area contributed by atoms with E-state index in [0.29, 0.717) is 11.8 Å². The summed E-state index contributed by atoms with van der Waals surface area (Å²) in [7, 11) is 3.46. The van der Waals surface area contributed by atoms with Crippen molar-refractivity contribution in [3.05, 3.63) is 58.1 Å². The highest BCUT2D eigenvalue weighted by Crippen LogP contribution is 2.35. The van der Waals surface area contributed by atoms with E-state index >= 15 is 0 Å². The number of hydrogen-bond acceptors (Lipinski definition) is 2. The molecule has 2 rings (SSSR count). The maximum Gasteiger partial charge on any atom is 0.122 e. The lowest BCUT2D eigenvalue weighted by Gasteiger charge is -2.21. The molecule has 0 spiro atoms. The van der Waals surface area contributed by atoms with E-state index in [2.05, 4.69) is 65.0 Å². The van der Waals surface area contributed by atoms with Gasteiger partial charge < -0.3 is 9.47 Å². The molecule has 124 valence electrons. The lowest BCUT2D eigenvalue weighted by Crippen LogP contribution is -2.04. The molecule has 0 bridgehead atoms. The highest BCUT2D eigenvalue weighted by Gasteiger charge is 2.17. The molecular weight excluding hydrogens is 284 g/mol. The van der Waals surface area contributed by atoms with Crippen molar-refractivity contribution >= 4 is 0 Å². The van der Waals surface area contributed by atoms with Crippen molar-refractivity contribution in [2.75, 3.05) is 14.2 Å². The zero-order chi connectivity index (χ0) is 17.1. The first-order chi connectivity index (χ1) is 10.9. The second-order valence-electron chi connectivity index (χ2n) is 6.55. The summed E-state index contributed by atoms with van der Waals surface area (Å²) in [6, 6.07) is 10.8. The second kappa shape index (κ2) is 7.08. The van der Waals surface area contributed by atoms with E-state index in [1.54, 1.807) is 14.2 Å². The summed E-state index contributed by atoms with van der Waals surface area (Å²) in [5.74, 6) is 2.67. The molecule has 23 heavy (non-hydrogen) atoms. The van der Waals surface area contributed by atoms with Gasteiger partial charge in [0, 0.05) is 5.92 Å². The van der Waals surface area contributed by atoms with Crippen LogP contribution in [0.4, 0.5) is 0 Å². The molecule has 2 heteroatoms. The van der Waals surface area contributed by atoms with Crippen LogP contribution in [0.25, 0.3) is 0 Å². The van der Waals surface area contributed by atoms with E-state index in [1.807, 2.05) is 0 Å². The van der Waals surface area contributed by atoms with Gasteiger partial charge in [-0.2, -0.15) is 0 Å². The average Bonchev–Trinajstić information content (AvgIpc) is 2.53. The Morgan fingerprint density at radius 1 is 0.826 bits per heavy atom. The molecule has 0 amide bonds. The Balaban J connectivity index is 2.49. The standard InChI is InChI=1S/C21H28O2/c1-13(2)19-12-17(8-9-20(19)23-7)16(5)21-14(3)10-18(22-6)11-15(21)4/h8-13,16H,1-7H3. The fourth-order valence-corrected chi connectivity index (χ4v) is 3.38. The summed E-state index contributed by atoms with van der Waals surface area (Å²) in [6.45, 7) is 11.0. The van der Waals surface area contributed by atoms with Gasteiger partial charge in [-0.05, 0) is 65.8 Å². The van der Waals surface area contributed by atoms with Crippen molar-refractivity contribution in [2.45, 2.75) is 46.5 Å². The van der Waals surface area contributed by atoms with Gasteiger partial charge >= 0.3 is 0 Å². The van der Waals surface area contributed by atoms with Crippen molar-refractivity contribution < 1.29 is 9.47 Å². The molecule has 0 aliphatic heterocycles. The van der Waals surface area contributed by atoms with Crippen LogP contribution in [0.2, 0.25) is 0 Å². The van der Waals surface area contributed by atoms with E-state index in [9.17, 15) is 0 Å². The molecule has 2 nitrogen and oxygen atoms in total. The zero-order valence-corrected chi connectivity index (χ0v) is 15.4. The molecule has 0 heterocycles. The minimum absolute atomic E-state index is 0.337. The SMILES string of the molecule is COc1cc(C)c(C(C)c2ccc(OC)c(C(C)C)c2)c(C)c1. The van der Waals surface area contributed by atoms with Crippen LogP contribution in [0, 0.1) is 13.8 Å². The minimum Gasteiger partial charge on any atom is -0.497 e. The van der Waals surface area contributed by atoms with Crippen molar-refractivity contribution in [3.63, 3.8) is 0 Å². The van der Waals surface area contributed by atoms with Crippen molar-refractivity contribution in [1.82, 2.24) is 0 Å². The topological polar surface area (TPSA) is 18.5 Å². The predicted octanol–water partition coefficient (Wildman–Crippen LogP) is 5.60. The normalized spacial score (nSPS) is 12.3. The lowest BCUT2D eigenvalue weighted by atomic mass is 9.85. The van der Waals surface area contributed by atoms with Gasteiger partial charge in [0.05, 0.1) is 14.2 Å². The van der Waals surface area contributed by atoms with E-state index in [4.69, 9.17) is 9.47 Å². The van der Waals surface area contributed by atoms with Crippen LogP contribution in [0.1, 0.15) is 60.4 Å². The second-order valence-corrected chi connectivity index (χ2v) is 6.55. The van der Waals surface area contributed by atoms with Crippen molar-refractivity contribution in [2.24, 2.45) is 0 Å². The smallest absolute Gasteiger partial charge is 0.122 e. The van der Waals surface area contributed by atoms with Crippen LogP contribution < -0.4 is 9.47 Å². The Kier molecular flexibility index (Phi) is 5.35. The van der Waals surface area contributed by atoms with Crippen molar-refractivity contribution in [1.29, 1.82) is 0 Å². The molecule has 2 aromatic rings. The van der Waals surface area contributed by atoms with Crippen LogP contribution >= 0.6 is 0 Å². The van der Waals surface area contributed by atoms with E-state index < -0.39 is 0 Å². The monoisotopic (exact) mass is 312 g/mol. The van der Waals surface area contributed by atoms with Crippen LogP contribution in [-0.4, -0.2) is 14.2 Å². The Hall–Kier alpha value is -1.96. The third kappa shape index (κ3) is 3.52. The van der Waals surface area contributed by atoms with Gasteiger partial charge in [-0.1, -0.05) is 32.9 Å². The van der Waals surface area contributed by atoms with Gasteiger partial charge in [0.1, 0.15) is 11.5 Å². The number of aryl methyl sites for hydroxylation is 2. The van der Waals surface area contributed by atoms with Gasteiger partial charge in [0.15, 0.2) is 0 Å². The third-order valence-corrected chi connectivity index (χ3v) is 4.61. The maximum absolute atomic E-state index is 5.51. The summed E-state index contributed by atoms with van der Waals surface area (Å²) in [6.07, 6.45) is 0. The summed E-state index contributed by atoms with van der Waals surface area (Å²) in [4.78, 5) is 0. The summed E-state index contributed by atoms with van der Waals surface area (Å²) in [5, 5.41) is 0. The van der Waals surface area contributed by atoms with Crippen LogP contribution in [0.5, 0.6) is 11.5 Å². The third-order valence-electron chi connectivity index (χ3n) is 4.61. The average molecular weight is 312 g/mol. The molecule has 0 aliphatic rings. The van der Waals surface area contributed by atoms with Gasteiger partial charge in [-0.3, -0.25) is 0 Å². The molecule has 2 aromatic carbocycles. The van der Waals surface area contributed by atoms with Crippen molar-refractivity contribution in [3.8, 4) is 11.5 Å². The first-order valence-electron chi connectivity index (χ1n) is 8.22. The fraction of sp³-hybridized carbons (Fsp3) is 0.429. The number of rotatable bonds is 5. The first kappa shape index (κ1) is 17.4. The summed E-state index contributed by atoms with van der Waals surface area (Å²) in [5.41, 5.74) is 6.52. The van der Waals surface area contributed by atoms with Gasteiger partial charge in [-0.25, -0.2) is 0 Å². The van der Waals surface area contributed by atoms with E-state index in [0.717, 1.165) is 11.5 Å². The molecule has 0 aliphatic carbocycles. The Morgan fingerprint density at radius 2 is 1.43 bits per heavy atom. The maximum atomic E-state index is 5.51. The minimum atomic E-state index is 0.337. The zero-order valence-electron chi connectivity index (χ0n) is 15.4. The molecule has 0 saturated carbocycles. The lowest BCUT2D eigenvalue weighted by molar-refractivity contribution is 0.407. The molecule has 0 saturated heterocycles. The fourth-order valence-electron chi connectivity index (χ4n) is 3.38. The molecular formula is C21H28O2. The molecule has 0 radical (unpaired) electrons. The number of methoxy groups -OCH3 is 2. The van der Waals surface area contributed by atoms with E-state index in [1.165, 1.54) is 27.8 Å². The van der Waals surface area contributed by atoms with Crippen LogP contribution in [-0.2, 0) is 0 Å². The molecule has 0 N–H and O–H groups in total. The predicted molar refractivity (Wildman–Crippen MR) is 97.1 cm³/mol. The Morgan fingerprint density at radius 3 is 1.91 bits per heavy atom. The summed E-state index contributed by atoms with van der Waals surface area (Å²) >= 11 is 0. The molecule has 0 aromatic heterocycles. The van der Waals surface area contributed by atoms with Gasteiger partial charge in [0.25, 0.3) is 0 Å². The number of ether oxygens (including phenoxy) is 2. The first-order valence-corrected chi connectivity index (χ1v) is 8.22. The molecule has 1 unspecified atom stereocenters. The Bertz CT molecular complexity index is 663. The highest BCUT2D eigenvalue weighted by atomic mass is 16.5. The molecule has 0 fully saturated rings. The van der Waals surface area contributed by atoms with Gasteiger partial charge in [-0.15, -0.1) is 0 Å².